The molecule has 140 valence electrons. The molecule has 1 atom stereocenters. The molecular weight excluding hydrogens is 326 g/mol. The molecule has 0 spiro atoms. The number of ether oxygens (including phenoxy) is 1. The molecule has 0 aromatic carbocycles. The molecule has 1 N–H and O–H groups in total. The molecule has 1 aromatic heterocycles. The summed E-state index contributed by atoms with van der Waals surface area (Å²) < 4.78 is 5.92. The molecule has 1 saturated heterocycles. The van der Waals surface area contributed by atoms with Gasteiger partial charge in [0.2, 0.25) is 5.88 Å². The SMILES string of the molecule is C[C@H]1CCCN1CCCOc1ccc2c(n1)CCN(N1C=CC=CN1)C2. The van der Waals surface area contributed by atoms with Gasteiger partial charge in [-0.15, -0.1) is 0 Å². The lowest BCUT2D eigenvalue weighted by atomic mass is 10.1. The van der Waals surface area contributed by atoms with E-state index in [0.717, 1.165) is 51.0 Å². The maximum Gasteiger partial charge on any atom is 0.213 e. The molecule has 6 heteroatoms. The molecule has 1 aromatic rings. The lowest BCUT2D eigenvalue weighted by molar-refractivity contribution is -0.0246. The lowest BCUT2D eigenvalue weighted by Crippen LogP contribution is -2.48. The second kappa shape index (κ2) is 8.10. The summed E-state index contributed by atoms with van der Waals surface area (Å²) in [5.41, 5.74) is 5.68. The highest BCUT2D eigenvalue weighted by Gasteiger charge is 2.22. The number of nitrogens with one attached hydrogen (secondary N) is 1. The number of hydrogen-bond acceptors (Lipinski definition) is 6. The standard InChI is InChI=1S/C20H29N5O/c1-17-6-4-11-23(17)12-5-15-26-20-8-7-18-16-24(14-9-19(18)22-20)25-13-3-2-10-21-25/h2-3,7-8,10,13,17,21H,4-6,9,11-12,14-16H2,1H3/t17-/m0/s1. The summed E-state index contributed by atoms with van der Waals surface area (Å²) in [6, 6.07) is 4.91. The fourth-order valence-electron chi connectivity index (χ4n) is 3.94. The van der Waals surface area contributed by atoms with Crippen molar-refractivity contribution in [3.05, 3.63) is 47.9 Å². The molecular formula is C20H29N5O. The third-order valence-corrected chi connectivity index (χ3v) is 5.48. The zero-order chi connectivity index (χ0) is 17.8. The van der Waals surface area contributed by atoms with Crippen molar-refractivity contribution in [1.82, 2.24) is 25.4 Å². The predicted molar refractivity (Wildman–Crippen MR) is 102 cm³/mol. The van der Waals surface area contributed by atoms with E-state index in [1.54, 1.807) is 0 Å². The Kier molecular flexibility index (Phi) is 5.41. The van der Waals surface area contributed by atoms with E-state index in [2.05, 4.69) is 28.3 Å². The Morgan fingerprint density at radius 2 is 2.23 bits per heavy atom. The predicted octanol–water partition coefficient (Wildman–Crippen LogP) is 2.46. The molecule has 3 aliphatic rings. The van der Waals surface area contributed by atoms with Gasteiger partial charge in [0.25, 0.3) is 0 Å². The summed E-state index contributed by atoms with van der Waals surface area (Å²) in [5.74, 6) is 0.769. The van der Waals surface area contributed by atoms with E-state index in [1.165, 1.54) is 30.6 Å². The second-order valence-corrected chi connectivity index (χ2v) is 7.30. The largest absolute Gasteiger partial charge is 0.478 e. The van der Waals surface area contributed by atoms with E-state index < -0.39 is 0 Å². The number of pyridine rings is 1. The van der Waals surface area contributed by atoms with Crippen molar-refractivity contribution in [2.45, 2.75) is 45.2 Å². The van der Waals surface area contributed by atoms with E-state index in [9.17, 15) is 0 Å². The molecule has 0 aliphatic carbocycles. The highest BCUT2D eigenvalue weighted by atomic mass is 16.5. The molecule has 4 rings (SSSR count). The molecule has 0 bridgehead atoms. The van der Waals surface area contributed by atoms with E-state index >= 15 is 0 Å². The van der Waals surface area contributed by atoms with Gasteiger partial charge in [0.15, 0.2) is 0 Å². The molecule has 4 heterocycles. The number of rotatable bonds is 6. The number of hydrogen-bond donors (Lipinski definition) is 1. The molecule has 0 unspecified atom stereocenters. The van der Waals surface area contributed by atoms with Crippen LogP contribution in [0.1, 0.15) is 37.4 Å². The summed E-state index contributed by atoms with van der Waals surface area (Å²) in [6.07, 6.45) is 12.7. The minimum Gasteiger partial charge on any atom is -0.478 e. The van der Waals surface area contributed by atoms with Crippen molar-refractivity contribution in [2.75, 3.05) is 26.2 Å². The zero-order valence-corrected chi connectivity index (χ0v) is 15.6. The van der Waals surface area contributed by atoms with E-state index in [1.807, 2.05) is 35.7 Å². The van der Waals surface area contributed by atoms with Crippen LogP contribution < -0.4 is 10.2 Å². The fourth-order valence-corrected chi connectivity index (χ4v) is 3.94. The first-order valence-electron chi connectivity index (χ1n) is 9.79. The lowest BCUT2D eigenvalue weighted by Gasteiger charge is -2.37. The third kappa shape index (κ3) is 4.02. The van der Waals surface area contributed by atoms with Gasteiger partial charge in [-0.1, -0.05) is 6.07 Å². The van der Waals surface area contributed by atoms with Crippen LogP contribution in [0.4, 0.5) is 0 Å². The number of aromatic nitrogens is 1. The van der Waals surface area contributed by atoms with Crippen LogP contribution in [-0.2, 0) is 13.0 Å². The highest BCUT2D eigenvalue weighted by Crippen LogP contribution is 2.22. The van der Waals surface area contributed by atoms with Gasteiger partial charge in [-0.3, -0.25) is 5.43 Å². The van der Waals surface area contributed by atoms with E-state index in [4.69, 9.17) is 9.72 Å². The smallest absolute Gasteiger partial charge is 0.213 e. The first kappa shape index (κ1) is 17.4. The number of hydrazine groups is 2. The van der Waals surface area contributed by atoms with E-state index in [0.29, 0.717) is 0 Å². The van der Waals surface area contributed by atoms with Gasteiger partial charge in [-0.25, -0.2) is 10.1 Å². The topological polar surface area (TPSA) is 43.9 Å². The average Bonchev–Trinajstić information content (AvgIpc) is 3.10. The van der Waals surface area contributed by atoms with Crippen molar-refractivity contribution in [3.8, 4) is 5.88 Å². The van der Waals surface area contributed by atoms with Crippen molar-refractivity contribution < 1.29 is 4.74 Å². The Labute approximate surface area is 156 Å². The van der Waals surface area contributed by atoms with Crippen LogP contribution in [-0.4, -0.2) is 52.3 Å². The van der Waals surface area contributed by atoms with Crippen molar-refractivity contribution >= 4 is 0 Å². The first-order valence-corrected chi connectivity index (χ1v) is 9.79. The van der Waals surface area contributed by atoms with Crippen molar-refractivity contribution in [2.24, 2.45) is 0 Å². The Bertz CT molecular complexity index is 674. The first-order chi connectivity index (χ1) is 12.8. The Hall–Kier alpha value is -2.05. The molecule has 1 fully saturated rings. The van der Waals surface area contributed by atoms with Crippen LogP contribution in [0.25, 0.3) is 0 Å². The summed E-state index contributed by atoms with van der Waals surface area (Å²) in [4.78, 5) is 7.31. The van der Waals surface area contributed by atoms with Crippen LogP contribution >= 0.6 is 0 Å². The van der Waals surface area contributed by atoms with Gasteiger partial charge in [-0.2, -0.15) is 5.01 Å². The van der Waals surface area contributed by atoms with Gasteiger partial charge in [0.1, 0.15) is 0 Å². The van der Waals surface area contributed by atoms with Gasteiger partial charge in [0, 0.05) is 50.6 Å². The van der Waals surface area contributed by atoms with Crippen LogP contribution in [0, 0.1) is 0 Å². The van der Waals surface area contributed by atoms with Gasteiger partial charge in [-0.05, 0) is 50.4 Å². The van der Waals surface area contributed by atoms with E-state index in [-0.39, 0.29) is 0 Å². The number of fused-ring (bicyclic) bond motifs is 1. The average molecular weight is 355 g/mol. The van der Waals surface area contributed by atoms with Gasteiger partial charge in [0.05, 0.1) is 12.3 Å². The summed E-state index contributed by atoms with van der Waals surface area (Å²) in [5, 5.41) is 4.31. The Morgan fingerprint density at radius 1 is 1.27 bits per heavy atom. The van der Waals surface area contributed by atoms with Gasteiger partial charge >= 0.3 is 0 Å². The number of allylic oxidation sites excluding steroid dienone is 2. The molecule has 3 aliphatic heterocycles. The maximum atomic E-state index is 5.92. The maximum absolute atomic E-state index is 5.92. The van der Waals surface area contributed by atoms with Crippen LogP contribution in [0.5, 0.6) is 5.88 Å². The minimum atomic E-state index is 0.736. The normalized spacial score (nSPS) is 23.1. The number of nitrogens with zero attached hydrogens (tertiary/aromatic N) is 4. The summed E-state index contributed by atoms with van der Waals surface area (Å²) in [6.45, 7) is 7.25. The fraction of sp³-hybridized carbons (Fsp3) is 0.550. The molecule has 0 saturated carbocycles. The van der Waals surface area contributed by atoms with Crippen LogP contribution in [0.3, 0.4) is 0 Å². The summed E-state index contributed by atoms with van der Waals surface area (Å²) in [7, 11) is 0. The monoisotopic (exact) mass is 355 g/mol. The van der Waals surface area contributed by atoms with Gasteiger partial charge < -0.3 is 9.64 Å². The van der Waals surface area contributed by atoms with Crippen LogP contribution in [0.2, 0.25) is 0 Å². The van der Waals surface area contributed by atoms with Crippen molar-refractivity contribution in [3.63, 3.8) is 0 Å². The molecule has 26 heavy (non-hydrogen) atoms. The molecule has 0 radical (unpaired) electrons. The number of likely N-dealkylation sites (tertiary alicyclic amines) is 1. The van der Waals surface area contributed by atoms with Crippen LogP contribution in [0.15, 0.2) is 36.7 Å². The zero-order valence-electron chi connectivity index (χ0n) is 15.6. The summed E-state index contributed by atoms with van der Waals surface area (Å²) >= 11 is 0. The third-order valence-electron chi connectivity index (χ3n) is 5.48. The van der Waals surface area contributed by atoms with Crippen molar-refractivity contribution in [1.29, 1.82) is 0 Å². The Balaban J connectivity index is 1.26. The second-order valence-electron chi connectivity index (χ2n) is 7.30. The Morgan fingerprint density at radius 3 is 3.04 bits per heavy atom. The molecule has 6 nitrogen and oxygen atoms in total. The quantitative estimate of drug-likeness (QED) is 0.791. The molecule has 0 amide bonds. The highest BCUT2D eigenvalue weighted by molar-refractivity contribution is 5.27. The minimum absolute atomic E-state index is 0.736.